The van der Waals surface area contributed by atoms with Gasteiger partial charge in [-0.25, -0.2) is 4.98 Å². The highest BCUT2D eigenvalue weighted by molar-refractivity contribution is 5.03. The molecule has 1 unspecified atom stereocenters. The molecule has 0 fully saturated rings. The van der Waals surface area contributed by atoms with E-state index in [2.05, 4.69) is 24.1 Å². The number of aromatic nitrogens is 2. The van der Waals surface area contributed by atoms with Crippen LogP contribution in [0.3, 0.4) is 0 Å². The molecular formula is C12H23N3O. The highest BCUT2D eigenvalue weighted by atomic mass is 16.3. The Kier molecular flexibility index (Phi) is 4.96. The minimum atomic E-state index is -0.846. The van der Waals surface area contributed by atoms with Crippen LogP contribution in [0.4, 0.5) is 0 Å². The van der Waals surface area contributed by atoms with Gasteiger partial charge in [-0.05, 0) is 32.9 Å². The molecule has 0 aliphatic carbocycles. The van der Waals surface area contributed by atoms with Crippen LogP contribution in [0.15, 0.2) is 12.4 Å². The van der Waals surface area contributed by atoms with E-state index in [1.54, 1.807) is 6.20 Å². The average Bonchev–Trinajstić information content (AvgIpc) is 2.67. The summed E-state index contributed by atoms with van der Waals surface area (Å²) in [4.78, 5) is 4.27. The molecule has 1 aromatic heterocycles. The first-order chi connectivity index (χ1) is 7.61. The van der Waals surface area contributed by atoms with Crippen molar-refractivity contribution in [2.75, 3.05) is 13.1 Å². The van der Waals surface area contributed by atoms with Crippen molar-refractivity contribution < 1.29 is 5.11 Å². The summed E-state index contributed by atoms with van der Waals surface area (Å²) in [5.74, 6) is 0.771. The van der Waals surface area contributed by atoms with Crippen molar-refractivity contribution in [3.63, 3.8) is 0 Å². The van der Waals surface area contributed by atoms with Gasteiger partial charge in [0.25, 0.3) is 0 Å². The molecule has 0 aliphatic rings. The summed E-state index contributed by atoms with van der Waals surface area (Å²) < 4.78 is 2.03. The van der Waals surface area contributed by atoms with Gasteiger partial charge in [0.2, 0.25) is 0 Å². The first kappa shape index (κ1) is 13.2. The number of hydrogen-bond acceptors (Lipinski definition) is 3. The van der Waals surface area contributed by atoms with Crippen LogP contribution in [0.2, 0.25) is 0 Å². The molecule has 0 radical (unpaired) electrons. The minimum absolute atomic E-state index is 0.682. The normalized spacial score (nSPS) is 15.0. The predicted molar refractivity (Wildman–Crippen MR) is 65.2 cm³/mol. The maximum absolute atomic E-state index is 10.4. The van der Waals surface area contributed by atoms with Crippen LogP contribution >= 0.6 is 0 Å². The maximum Gasteiger partial charge on any atom is 0.140 e. The van der Waals surface area contributed by atoms with Crippen molar-refractivity contribution in [1.29, 1.82) is 0 Å². The zero-order valence-electron chi connectivity index (χ0n) is 10.5. The van der Waals surface area contributed by atoms with E-state index in [9.17, 15) is 5.11 Å². The number of nitrogens with one attached hydrogen (secondary N) is 1. The summed E-state index contributed by atoms with van der Waals surface area (Å²) in [7, 11) is 0. The van der Waals surface area contributed by atoms with E-state index in [0.717, 1.165) is 31.9 Å². The molecule has 0 aliphatic heterocycles. The molecule has 4 heteroatoms. The van der Waals surface area contributed by atoms with Crippen molar-refractivity contribution in [3.05, 3.63) is 18.2 Å². The lowest BCUT2D eigenvalue weighted by Crippen LogP contribution is -2.31. The lowest BCUT2D eigenvalue weighted by atomic mass is 10.0. The first-order valence-corrected chi connectivity index (χ1v) is 6.06. The second kappa shape index (κ2) is 6.01. The van der Waals surface area contributed by atoms with Gasteiger partial charge in [0.05, 0.1) is 0 Å². The Balaban J connectivity index is 2.68. The topological polar surface area (TPSA) is 50.1 Å². The fraction of sp³-hybridized carbons (Fsp3) is 0.750. The molecule has 1 heterocycles. The quantitative estimate of drug-likeness (QED) is 0.691. The summed E-state index contributed by atoms with van der Waals surface area (Å²) in [6, 6.07) is 0. The highest BCUT2D eigenvalue weighted by Crippen LogP contribution is 2.22. The van der Waals surface area contributed by atoms with Gasteiger partial charge in [0.1, 0.15) is 11.4 Å². The fourth-order valence-corrected chi connectivity index (χ4v) is 1.82. The summed E-state index contributed by atoms with van der Waals surface area (Å²) in [6.45, 7) is 8.66. The molecule has 16 heavy (non-hydrogen) atoms. The second-order valence-corrected chi connectivity index (χ2v) is 4.32. The summed E-state index contributed by atoms with van der Waals surface area (Å²) in [5.41, 5.74) is -0.846. The molecular weight excluding hydrogens is 202 g/mol. The Bertz CT molecular complexity index is 307. The van der Waals surface area contributed by atoms with Gasteiger partial charge in [0.15, 0.2) is 0 Å². The minimum Gasteiger partial charge on any atom is -0.382 e. The monoisotopic (exact) mass is 225 g/mol. The van der Waals surface area contributed by atoms with Crippen LogP contribution in [-0.2, 0) is 12.1 Å². The molecule has 4 nitrogen and oxygen atoms in total. The molecule has 2 N–H and O–H groups in total. The van der Waals surface area contributed by atoms with E-state index in [-0.39, 0.29) is 0 Å². The molecule has 92 valence electrons. The van der Waals surface area contributed by atoms with Crippen molar-refractivity contribution in [1.82, 2.24) is 14.9 Å². The standard InChI is InChI=1S/C12H23N3O/c1-4-9-15-10-8-14-11(15)12(3,16)6-7-13-5-2/h8,10,13,16H,4-7,9H2,1-3H3. The Morgan fingerprint density at radius 3 is 2.88 bits per heavy atom. The van der Waals surface area contributed by atoms with Crippen LogP contribution < -0.4 is 5.32 Å². The van der Waals surface area contributed by atoms with E-state index in [1.807, 2.05) is 17.7 Å². The SMILES string of the molecule is CCCn1ccnc1C(C)(O)CCNCC. The highest BCUT2D eigenvalue weighted by Gasteiger charge is 2.27. The lowest BCUT2D eigenvalue weighted by Gasteiger charge is -2.23. The Hall–Kier alpha value is -0.870. The molecule has 1 atom stereocenters. The van der Waals surface area contributed by atoms with Gasteiger partial charge in [-0.3, -0.25) is 0 Å². The van der Waals surface area contributed by atoms with Crippen molar-refractivity contribution >= 4 is 0 Å². The molecule has 0 bridgehead atoms. The molecule has 0 saturated carbocycles. The van der Waals surface area contributed by atoms with E-state index in [1.165, 1.54) is 0 Å². The smallest absolute Gasteiger partial charge is 0.140 e. The fourth-order valence-electron chi connectivity index (χ4n) is 1.82. The van der Waals surface area contributed by atoms with Crippen LogP contribution in [0.25, 0.3) is 0 Å². The van der Waals surface area contributed by atoms with Crippen LogP contribution in [0, 0.1) is 0 Å². The van der Waals surface area contributed by atoms with Gasteiger partial charge < -0.3 is 15.0 Å². The first-order valence-electron chi connectivity index (χ1n) is 6.06. The number of hydrogen-bond donors (Lipinski definition) is 2. The molecule has 0 spiro atoms. The van der Waals surface area contributed by atoms with Gasteiger partial charge in [0, 0.05) is 18.9 Å². The van der Waals surface area contributed by atoms with Crippen LogP contribution in [0.5, 0.6) is 0 Å². The predicted octanol–water partition coefficient (Wildman–Crippen LogP) is 1.50. The maximum atomic E-state index is 10.4. The van der Waals surface area contributed by atoms with Crippen LogP contribution in [-0.4, -0.2) is 27.7 Å². The van der Waals surface area contributed by atoms with E-state index >= 15 is 0 Å². The molecule has 0 saturated heterocycles. The van der Waals surface area contributed by atoms with Crippen LogP contribution in [0.1, 0.15) is 39.4 Å². The molecule has 1 rings (SSSR count). The summed E-state index contributed by atoms with van der Waals surface area (Å²) in [5, 5.41) is 13.6. The van der Waals surface area contributed by atoms with E-state index in [4.69, 9.17) is 0 Å². The summed E-state index contributed by atoms with van der Waals surface area (Å²) in [6.07, 6.45) is 5.42. The van der Waals surface area contributed by atoms with Gasteiger partial charge in [-0.2, -0.15) is 0 Å². The zero-order valence-corrected chi connectivity index (χ0v) is 10.5. The van der Waals surface area contributed by atoms with Crippen molar-refractivity contribution in [2.45, 2.75) is 45.8 Å². The van der Waals surface area contributed by atoms with E-state index in [0.29, 0.717) is 6.42 Å². The number of imidazole rings is 1. The Morgan fingerprint density at radius 1 is 1.50 bits per heavy atom. The second-order valence-electron chi connectivity index (χ2n) is 4.32. The molecule has 0 amide bonds. The summed E-state index contributed by atoms with van der Waals surface area (Å²) >= 11 is 0. The zero-order chi connectivity index (χ0) is 12.0. The third-order valence-corrected chi connectivity index (χ3v) is 2.70. The van der Waals surface area contributed by atoms with E-state index < -0.39 is 5.60 Å². The third kappa shape index (κ3) is 3.32. The number of nitrogens with zero attached hydrogens (tertiary/aromatic N) is 2. The number of aryl methyl sites for hydroxylation is 1. The number of rotatable bonds is 7. The Morgan fingerprint density at radius 2 is 2.25 bits per heavy atom. The molecule has 0 aromatic carbocycles. The van der Waals surface area contributed by atoms with Crippen molar-refractivity contribution in [2.24, 2.45) is 0 Å². The number of aliphatic hydroxyl groups is 1. The third-order valence-electron chi connectivity index (χ3n) is 2.70. The largest absolute Gasteiger partial charge is 0.382 e. The van der Waals surface area contributed by atoms with Crippen molar-refractivity contribution in [3.8, 4) is 0 Å². The van der Waals surface area contributed by atoms with Gasteiger partial charge >= 0.3 is 0 Å². The van der Waals surface area contributed by atoms with Gasteiger partial charge in [-0.15, -0.1) is 0 Å². The van der Waals surface area contributed by atoms with Gasteiger partial charge in [-0.1, -0.05) is 13.8 Å². The Labute approximate surface area is 97.7 Å². The molecule has 1 aromatic rings. The average molecular weight is 225 g/mol. The lowest BCUT2D eigenvalue weighted by molar-refractivity contribution is 0.0352.